The maximum atomic E-state index is 13.0. The molecule has 5 heterocycles. The molecule has 3 saturated heterocycles. The van der Waals surface area contributed by atoms with E-state index >= 15 is 0 Å². The zero-order chi connectivity index (χ0) is 16.7. The molecular weight excluding hydrogens is 327 g/mol. The van der Waals surface area contributed by atoms with Gasteiger partial charge in [-0.15, -0.1) is 11.3 Å². The van der Waals surface area contributed by atoms with Crippen LogP contribution in [0.15, 0.2) is 24.5 Å². The van der Waals surface area contributed by atoms with Gasteiger partial charge in [0.1, 0.15) is 15.7 Å². The lowest BCUT2D eigenvalue weighted by Crippen LogP contribution is -2.62. The number of pyridine rings is 1. The summed E-state index contributed by atoms with van der Waals surface area (Å²) in [6.07, 6.45) is 5.04. The Morgan fingerprint density at radius 1 is 1.29 bits per heavy atom. The number of piperidine rings is 3. The fourth-order valence-electron chi connectivity index (χ4n) is 3.77. The van der Waals surface area contributed by atoms with Crippen molar-refractivity contribution in [2.24, 2.45) is 5.92 Å². The third kappa shape index (κ3) is 2.82. The molecule has 0 unspecified atom stereocenters. The van der Waals surface area contributed by atoms with Gasteiger partial charge in [0.05, 0.1) is 18.1 Å². The van der Waals surface area contributed by atoms with Gasteiger partial charge in [-0.25, -0.2) is 9.37 Å². The number of aromatic nitrogens is 2. The fourth-order valence-corrected chi connectivity index (χ4v) is 4.56. The number of nitrogens with one attached hydrogen (secondary N) is 1. The van der Waals surface area contributed by atoms with Crippen LogP contribution in [-0.2, 0) is 0 Å². The van der Waals surface area contributed by atoms with E-state index < -0.39 is 0 Å². The van der Waals surface area contributed by atoms with Crippen LogP contribution in [0.3, 0.4) is 0 Å². The first kappa shape index (κ1) is 15.7. The average molecular weight is 346 g/mol. The second-order valence-electron chi connectivity index (χ2n) is 6.50. The number of amides is 1. The van der Waals surface area contributed by atoms with Crippen LogP contribution >= 0.6 is 11.3 Å². The van der Waals surface area contributed by atoms with Gasteiger partial charge in [-0.1, -0.05) is 0 Å². The molecule has 0 radical (unpaired) electrons. The van der Waals surface area contributed by atoms with Gasteiger partial charge >= 0.3 is 0 Å². The lowest BCUT2D eigenvalue weighted by atomic mass is 9.79. The highest BCUT2D eigenvalue weighted by atomic mass is 32.1. The summed E-state index contributed by atoms with van der Waals surface area (Å²) in [4.78, 5) is 23.9. The van der Waals surface area contributed by atoms with Gasteiger partial charge in [0, 0.05) is 12.1 Å². The number of thiazole rings is 1. The number of halogens is 1. The van der Waals surface area contributed by atoms with E-state index in [1.807, 2.05) is 0 Å². The lowest BCUT2D eigenvalue weighted by molar-refractivity contribution is 0.0218. The maximum absolute atomic E-state index is 13.0. The fraction of sp³-hybridized carbons (Fsp3) is 0.471. The van der Waals surface area contributed by atoms with Crippen molar-refractivity contribution >= 4 is 17.2 Å². The van der Waals surface area contributed by atoms with E-state index in [0.717, 1.165) is 32.1 Å². The van der Waals surface area contributed by atoms with Crippen molar-refractivity contribution in [3.63, 3.8) is 0 Å². The Balaban J connectivity index is 1.48. The van der Waals surface area contributed by atoms with Crippen LogP contribution in [0.1, 0.15) is 29.4 Å². The molecule has 1 N–H and O–H groups in total. The van der Waals surface area contributed by atoms with E-state index in [4.69, 9.17) is 0 Å². The Morgan fingerprint density at radius 2 is 2.08 bits per heavy atom. The Labute approximate surface area is 143 Å². The molecular formula is C17H19FN4OS. The number of carbonyl (C=O) groups excluding carboxylic acids is 1. The van der Waals surface area contributed by atoms with Gasteiger partial charge in [0.25, 0.3) is 5.91 Å². The van der Waals surface area contributed by atoms with Crippen molar-refractivity contribution in [1.82, 2.24) is 20.2 Å². The molecule has 3 aliphatic rings. The lowest BCUT2D eigenvalue weighted by Gasteiger charge is -2.49. The summed E-state index contributed by atoms with van der Waals surface area (Å²) in [5.74, 6) is 0.108. The van der Waals surface area contributed by atoms with Crippen LogP contribution in [0.25, 0.3) is 10.7 Å². The minimum absolute atomic E-state index is 0.0774. The highest BCUT2D eigenvalue weighted by molar-refractivity contribution is 7.16. The van der Waals surface area contributed by atoms with E-state index in [0.29, 0.717) is 27.5 Å². The summed E-state index contributed by atoms with van der Waals surface area (Å²) in [5.41, 5.74) is 0.580. The molecule has 0 saturated carbocycles. The zero-order valence-electron chi connectivity index (χ0n) is 13.4. The minimum atomic E-state index is -0.385. The highest BCUT2D eigenvalue weighted by Crippen LogP contribution is 2.32. The molecule has 3 aliphatic heterocycles. The van der Waals surface area contributed by atoms with Crippen molar-refractivity contribution < 1.29 is 9.18 Å². The van der Waals surface area contributed by atoms with Gasteiger partial charge in [0.2, 0.25) is 0 Å². The average Bonchev–Trinajstić information content (AvgIpc) is 3.09. The first-order valence-electron chi connectivity index (χ1n) is 8.24. The van der Waals surface area contributed by atoms with E-state index in [2.05, 4.69) is 27.1 Å². The number of hydrogen-bond acceptors (Lipinski definition) is 5. The molecule has 0 aromatic carbocycles. The van der Waals surface area contributed by atoms with E-state index in [1.54, 1.807) is 12.3 Å². The van der Waals surface area contributed by atoms with Crippen molar-refractivity contribution in [3.8, 4) is 10.7 Å². The molecule has 5 nitrogen and oxygen atoms in total. The normalized spacial score (nSPS) is 28.8. The maximum Gasteiger partial charge on any atom is 0.263 e. The smallest absolute Gasteiger partial charge is 0.263 e. The largest absolute Gasteiger partial charge is 0.347 e. The predicted molar refractivity (Wildman–Crippen MR) is 90.3 cm³/mol. The number of hydrogen-bond donors (Lipinski definition) is 1. The summed E-state index contributed by atoms with van der Waals surface area (Å²) in [5, 5.41) is 3.83. The van der Waals surface area contributed by atoms with Crippen molar-refractivity contribution in [2.75, 3.05) is 13.1 Å². The van der Waals surface area contributed by atoms with Crippen LogP contribution in [0, 0.1) is 11.7 Å². The Bertz CT molecular complexity index is 737. The van der Waals surface area contributed by atoms with Crippen LogP contribution in [0.4, 0.5) is 4.39 Å². The first-order chi connectivity index (χ1) is 11.6. The molecule has 2 atom stereocenters. The molecule has 0 aliphatic carbocycles. The third-order valence-electron chi connectivity index (χ3n) is 5.15. The van der Waals surface area contributed by atoms with Crippen LogP contribution in [-0.4, -0.2) is 45.9 Å². The second-order valence-corrected chi connectivity index (χ2v) is 7.54. The minimum Gasteiger partial charge on any atom is -0.347 e. The van der Waals surface area contributed by atoms with E-state index in [-0.39, 0.29) is 17.8 Å². The SMILES string of the molecule is C[C@H]1[C@H](NC(=O)c2cnc(-c3ccc(F)cn3)s2)C2CCN1CC2. The van der Waals surface area contributed by atoms with E-state index in [9.17, 15) is 9.18 Å². The third-order valence-corrected chi connectivity index (χ3v) is 6.17. The Morgan fingerprint density at radius 3 is 2.75 bits per heavy atom. The zero-order valence-corrected chi connectivity index (χ0v) is 14.2. The van der Waals surface area contributed by atoms with E-state index in [1.165, 1.54) is 17.4 Å². The molecule has 3 fully saturated rings. The summed E-state index contributed by atoms with van der Waals surface area (Å²) in [7, 11) is 0. The molecule has 7 heteroatoms. The summed E-state index contributed by atoms with van der Waals surface area (Å²) in [6.45, 7) is 4.47. The van der Waals surface area contributed by atoms with Crippen molar-refractivity contribution in [2.45, 2.75) is 31.8 Å². The number of rotatable bonds is 3. The second kappa shape index (κ2) is 6.22. The molecule has 5 rings (SSSR count). The molecule has 126 valence electrons. The standard InChI is InChI=1S/C17H19FN4OS/c1-10-15(11-4-6-22(10)7-5-11)21-16(23)14-9-20-17(24-14)13-3-2-12(18)8-19-13/h2-3,8-11,15H,4-7H2,1H3,(H,21,23)/t10-,15-/m0/s1. The molecule has 2 bridgehead atoms. The molecule has 0 spiro atoms. The van der Waals surface area contributed by atoms with Crippen LogP contribution in [0.5, 0.6) is 0 Å². The summed E-state index contributed by atoms with van der Waals surface area (Å²) < 4.78 is 13.0. The van der Waals surface area contributed by atoms with Gasteiger partial charge in [-0.05, 0) is 50.9 Å². The quantitative estimate of drug-likeness (QED) is 0.928. The molecule has 2 aromatic heterocycles. The molecule has 24 heavy (non-hydrogen) atoms. The monoisotopic (exact) mass is 346 g/mol. The number of fused-ring (bicyclic) bond motifs is 3. The Hall–Kier alpha value is -1.86. The molecule has 1 amide bonds. The highest BCUT2D eigenvalue weighted by Gasteiger charge is 2.40. The predicted octanol–water partition coefficient (Wildman–Crippen LogP) is 2.56. The topological polar surface area (TPSA) is 58.1 Å². The van der Waals surface area contributed by atoms with Crippen LogP contribution in [0.2, 0.25) is 0 Å². The van der Waals surface area contributed by atoms with Crippen molar-refractivity contribution in [3.05, 3.63) is 35.2 Å². The van der Waals surface area contributed by atoms with Gasteiger partial charge < -0.3 is 5.32 Å². The number of carbonyl (C=O) groups is 1. The van der Waals surface area contributed by atoms with Gasteiger partial charge in [-0.2, -0.15) is 0 Å². The van der Waals surface area contributed by atoms with Crippen molar-refractivity contribution in [1.29, 1.82) is 0 Å². The first-order valence-corrected chi connectivity index (χ1v) is 9.06. The summed E-state index contributed by atoms with van der Waals surface area (Å²) in [6, 6.07) is 3.51. The van der Waals surface area contributed by atoms with Gasteiger partial charge in [-0.3, -0.25) is 14.7 Å². The summed E-state index contributed by atoms with van der Waals surface area (Å²) >= 11 is 1.29. The van der Waals surface area contributed by atoms with Crippen LogP contribution < -0.4 is 5.32 Å². The molecule has 2 aromatic rings. The Kier molecular flexibility index (Phi) is 4.05. The van der Waals surface area contributed by atoms with Gasteiger partial charge in [0.15, 0.2) is 0 Å². The number of nitrogens with zero attached hydrogens (tertiary/aromatic N) is 3.